The summed E-state index contributed by atoms with van der Waals surface area (Å²) in [5, 5.41) is 6.17. The highest BCUT2D eigenvalue weighted by atomic mass is 19.1. The predicted molar refractivity (Wildman–Crippen MR) is 109 cm³/mol. The Labute approximate surface area is 167 Å². The number of nitrogen functional groups attached to an aromatic ring is 1. The smallest absolute Gasteiger partial charge is 0.149 e. The van der Waals surface area contributed by atoms with Gasteiger partial charge in [-0.2, -0.15) is 5.10 Å². The van der Waals surface area contributed by atoms with Gasteiger partial charge in [0.25, 0.3) is 0 Å². The summed E-state index contributed by atoms with van der Waals surface area (Å²) in [5.74, 6) is 5.58. The van der Waals surface area contributed by atoms with Crippen LogP contribution in [0.4, 0.5) is 20.2 Å². The van der Waals surface area contributed by atoms with Crippen LogP contribution < -0.4 is 16.6 Å². The molecule has 0 unspecified atom stereocenters. The Morgan fingerprint density at radius 2 is 1.86 bits per heavy atom. The first-order valence-corrected chi connectivity index (χ1v) is 9.96. The first-order chi connectivity index (χ1) is 14.0. The minimum atomic E-state index is -0.485. The molecule has 2 saturated carbocycles. The van der Waals surface area contributed by atoms with Crippen molar-refractivity contribution < 1.29 is 8.78 Å². The second kappa shape index (κ2) is 6.84. The van der Waals surface area contributed by atoms with Crippen LogP contribution in [0, 0.1) is 11.6 Å². The van der Waals surface area contributed by atoms with Gasteiger partial charge in [-0.1, -0.05) is 6.07 Å². The number of hydrazine groups is 1. The van der Waals surface area contributed by atoms with Crippen LogP contribution in [-0.4, -0.2) is 15.8 Å². The number of anilines is 2. The minimum Gasteiger partial charge on any atom is -0.397 e. The predicted octanol–water partition coefficient (Wildman–Crippen LogP) is 4.04. The van der Waals surface area contributed by atoms with E-state index in [2.05, 4.69) is 5.10 Å². The Morgan fingerprint density at radius 1 is 1.07 bits per heavy atom. The molecule has 0 spiro atoms. The van der Waals surface area contributed by atoms with E-state index in [1.165, 1.54) is 6.07 Å². The first-order valence-electron chi connectivity index (χ1n) is 9.96. The van der Waals surface area contributed by atoms with E-state index in [1.54, 1.807) is 15.9 Å². The molecule has 150 valence electrons. The molecule has 1 aromatic heterocycles. The van der Waals surface area contributed by atoms with Gasteiger partial charge in [-0.3, -0.25) is 0 Å². The van der Waals surface area contributed by atoms with Gasteiger partial charge in [0.05, 0.1) is 23.3 Å². The maximum absolute atomic E-state index is 14.4. The quantitative estimate of drug-likeness (QED) is 0.375. The molecule has 5 rings (SSSR count). The molecule has 3 aromatic rings. The number of nitrogens with two attached hydrogens (primary N) is 2. The molecule has 0 atom stereocenters. The molecule has 2 fully saturated rings. The maximum atomic E-state index is 14.4. The highest BCUT2D eigenvalue weighted by molar-refractivity contribution is 5.69. The molecule has 2 aliphatic rings. The summed E-state index contributed by atoms with van der Waals surface area (Å²) in [6.45, 7) is 0. The molecule has 2 aromatic carbocycles. The fraction of sp³-hybridized carbons (Fsp3) is 0.318. The van der Waals surface area contributed by atoms with Crippen molar-refractivity contribution >= 4 is 11.4 Å². The summed E-state index contributed by atoms with van der Waals surface area (Å²) in [6.07, 6.45) is 6.61. The average Bonchev–Trinajstić information content (AvgIpc) is 3.63. The van der Waals surface area contributed by atoms with Crippen LogP contribution in [0.5, 0.6) is 0 Å². The fourth-order valence-corrected chi connectivity index (χ4v) is 3.85. The Morgan fingerprint density at radius 3 is 2.59 bits per heavy atom. The summed E-state index contributed by atoms with van der Waals surface area (Å²) < 4.78 is 29.6. The first kappa shape index (κ1) is 18.1. The van der Waals surface area contributed by atoms with E-state index in [9.17, 15) is 8.78 Å². The molecule has 0 saturated heterocycles. The summed E-state index contributed by atoms with van der Waals surface area (Å²) in [5.41, 5.74) is 10.8. The van der Waals surface area contributed by atoms with E-state index in [1.807, 2.05) is 18.2 Å². The number of nitrogens with zero attached hydrogens (tertiary/aromatic N) is 3. The van der Waals surface area contributed by atoms with Crippen molar-refractivity contribution in [2.45, 2.75) is 44.1 Å². The number of benzene rings is 2. The van der Waals surface area contributed by atoms with Crippen LogP contribution >= 0.6 is 0 Å². The van der Waals surface area contributed by atoms with E-state index < -0.39 is 11.6 Å². The van der Waals surface area contributed by atoms with Crippen molar-refractivity contribution in [3.05, 3.63) is 71.1 Å². The van der Waals surface area contributed by atoms with Gasteiger partial charge in [0.15, 0.2) is 0 Å². The second-order valence-corrected chi connectivity index (χ2v) is 8.05. The third-order valence-corrected chi connectivity index (χ3v) is 5.69. The van der Waals surface area contributed by atoms with Crippen LogP contribution in [0.2, 0.25) is 0 Å². The molecule has 29 heavy (non-hydrogen) atoms. The highest BCUT2D eigenvalue weighted by Crippen LogP contribution is 2.43. The van der Waals surface area contributed by atoms with E-state index in [0.717, 1.165) is 60.3 Å². The Hall–Kier alpha value is -2.93. The Kier molecular flexibility index (Phi) is 4.28. The van der Waals surface area contributed by atoms with E-state index in [-0.39, 0.29) is 5.69 Å². The number of aromatic nitrogens is 2. The van der Waals surface area contributed by atoms with Crippen LogP contribution in [0.25, 0.3) is 5.69 Å². The van der Waals surface area contributed by atoms with Crippen molar-refractivity contribution in [1.29, 1.82) is 0 Å². The van der Waals surface area contributed by atoms with Gasteiger partial charge < -0.3 is 10.7 Å². The molecule has 0 bridgehead atoms. The van der Waals surface area contributed by atoms with Crippen LogP contribution in [-0.2, 0) is 6.42 Å². The molecule has 2 aliphatic carbocycles. The van der Waals surface area contributed by atoms with E-state index >= 15 is 0 Å². The van der Waals surface area contributed by atoms with Gasteiger partial charge in [0.2, 0.25) is 0 Å². The third-order valence-electron chi connectivity index (χ3n) is 5.69. The average molecular weight is 395 g/mol. The fourth-order valence-electron chi connectivity index (χ4n) is 3.85. The third kappa shape index (κ3) is 3.46. The van der Waals surface area contributed by atoms with E-state index in [0.29, 0.717) is 24.1 Å². The Balaban J connectivity index is 1.50. The van der Waals surface area contributed by atoms with Gasteiger partial charge in [0, 0.05) is 24.4 Å². The van der Waals surface area contributed by atoms with Crippen LogP contribution in [0.3, 0.4) is 0 Å². The largest absolute Gasteiger partial charge is 0.397 e. The molecule has 1 heterocycles. The zero-order valence-electron chi connectivity index (χ0n) is 16.0. The highest BCUT2D eigenvalue weighted by Gasteiger charge is 2.32. The van der Waals surface area contributed by atoms with Crippen LogP contribution in [0.15, 0.2) is 42.6 Å². The second-order valence-electron chi connectivity index (χ2n) is 8.05. The lowest BCUT2D eigenvalue weighted by Gasteiger charge is -2.21. The standard InChI is InChI=1S/C22H23F2N5/c23-16-4-7-18(24)20(11-16)29-22(14-2-3-14)15(12-27-29)9-13-1-8-19(25)21(10-13)28(26)17-5-6-17/h1,4,7-8,10-12,14,17H,2-3,5-6,9,25-26H2. The van der Waals surface area contributed by atoms with Crippen LogP contribution in [0.1, 0.15) is 48.4 Å². The van der Waals surface area contributed by atoms with Gasteiger partial charge in [-0.05, 0) is 61.1 Å². The molecule has 7 heteroatoms. The summed E-state index contributed by atoms with van der Waals surface area (Å²) in [6, 6.07) is 9.69. The van der Waals surface area contributed by atoms with Crippen molar-refractivity contribution in [3.63, 3.8) is 0 Å². The van der Waals surface area contributed by atoms with Gasteiger partial charge in [0.1, 0.15) is 17.3 Å². The zero-order chi connectivity index (χ0) is 20.1. The van der Waals surface area contributed by atoms with Gasteiger partial charge in [-0.15, -0.1) is 0 Å². The van der Waals surface area contributed by atoms with Crippen molar-refractivity contribution in [2.75, 3.05) is 10.7 Å². The topological polar surface area (TPSA) is 73.1 Å². The molecule has 5 nitrogen and oxygen atoms in total. The zero-order valence-corrected chi connectivity index (χ0v) is 16.0. The summed E-state index contributed by atoms with van der Waals surface area (Å²) >= 11 is 0. The lowest BCUT2D eigenvalue weighted by Crippen LogP contribution is -2.33. The number of rotatable bonds is 6. The molecule has 4 N–H and O–H groups in total. The summed E-state index contributed by atoms with van der Waals surface area (Å²) in [4.78, 5) is 0. The molecular weight excluding hydrogens is 372 g/mol. The van der Waals surface area contributed by atoms with Crippen molar-refractivity contribution in [1.82, 2.24) is 9.78 Å². The summed E-state index contributed by atoms with van der Waals surface area (Å²) in [7, 11) is 0. The van der Waals surface area contributed by atoms with Crippen molar-refractivity contribution in [3.8, 4) is 5.69 Å². The number of hydrogen-bond acceptors (Lipinski definition) is 4. The maximum Gasteiger partial charge on any atom is 0.149 e. The number of halogens is 2. The molecular formula is C22H23F2N5. The Bertz CT molecular complexity index is 1070. The normalized spacial score (nSPS) is 16.2. The lowest BCUT2D eigenvalue weighted by atomic mass is 10.0. The minimum absolute atomic E-state index is 0.151. The van der Waals surface area contributed by atoms with Crippen molar-refractivity contribution in [2.24, 2.45) is 5.84 Å². The lowest BCUT2D eigenvalue weighted by molar-refractivity contribution is 0.583. The van der Waals surface area contributed by atoms with Gasteiger partial charge >= 0.3 is 0 Å². The monoisotopic (exact) mass is 395 g/mol. The van der Waals surface area contributed by atoms with Gasteiger partial charge in [-0.25, -0.2) is 19.3 Å². The SMILES string of the molecule is Nc1ccc(Cc2cnn(-c3cc(F)ccc3F)c2C2CC2)cc1N(N)C1CC1. The molecule has 0 amide bonds. The number of hydrogen-bond donors (Lipinski definition) is 2. The van der Waals surface area contributed by atoms with E-state index in [4.69, 9.17) is 11.6 Å². The molecule has 0 radical (unpaired) electrons. The molecule has 0 aliphatic heterocycles.